The fourth-order valence-electron chi connectivity index (χ4n) is 2.35. The second-order valence-electron chi connectivity index (χ2n) is 5.36. The van der Waals surface area contributed by atoms with Crippen LogP contribution in [0.1, 0.15) is 24.0 Å². The Balaban J connectivity index is 1.69. The van der Waals surface area contributed by atoms with Gasteiger partial charge in [0.15, 0.2) is 17.4 Å². The minimum absolute atomic E-state index is 0.530. The van der Waals surface area contributed by atoms with E-state index in [0.717, 1.165) is 35.2 Å². The Labute approximate surface area is 140 Å². The van der Waals surface area contributed by atoms with E-state index in [0.29, 0.717) is 13.1 Å². The first-order valence-electron chi connectivity index (χ1n) is 7.99. The van der Waals surface area contributed by atoms with Crippen LogP contribution in [-0.2, 0) is 13.1 Å². The SMILES string of the molecule is CCNC(=NCc1ncccc1C)NCc1nnc2ccccn12. The Morgan fingerprint density at radius 1 is 1.17 bits per heavy atom. The number of pyridine rings is 2. The van der Waals surface area contributed by atoms with Crippen LogP contribution in [-0.4, -0.2) is 32.1 Å². The van der Waals surface area contributed by atoms with Gasteiger partial charge in [0, 0.05) is 18.9 Å². The fraction of sp³-hybridized carbons (Fsp3) is 0.294. The Morgan fingerprint density at radius 3 is 2.92 bits per heavy atom. The predicted molar refractivity (Wildman–Crippen MR) is 93.6 cm³/mol. The quantitative estimate of drug-likeness (QED) is 0.552. The Morgan fingerprint density at radius 2 is 2.08 bits per heavy atom. The average Bonchev–Trinajstić information content (AvgIpc) is 3.02. The lowest BCUT2D eigenvalue weighted by atomic mass is 10.2. The van der Waals surface area contributed by atoms with Crippen molar-refractivity contribution in [3.05, 3.63) is 59.8 Å². The van der Waals surface area contributed by atoms with Gasteiger partial charge in [-0.25, -0.2) is 4.99 Å². The Kier molecular flexibility index (Phi) is 5.00. The van der Waals surface area contributed by atoms with Gasteiger partial charge in [0.05, 0.1) is 18.8 Å². The summed E-state index contributed by atoms with van der Waals surface area (Å²) >= 11 is 0. The average molecular weight is 323 g/mol. The molecular weight excluding hydrogens is 302 g/mol. The molecule has 3 heterocycles. The van der Waals surface area contributed by atoms with Gasteiger partial charge in [0.1, 0.15) is 0 Å². The minimum atomic E-state index is 0.530. The number of aromatic nitrogens is 4. The van der Waals surface area contributed by atoms with Crippen LogP contribution in [0.25, 0.3) is 5.65 Å². The number of hydrogen-bond donors (Lipinski definition) is 2. The summed E-state index contributed by atoms with van der Waals surface area (Å²) in [7, 11) is 0. The van der Waals surface area contributed by atoms with E-state index in [4.69, 9.17) is 0 Å². The molecule has 3 aromatic heterocycles. The maximum Gasteiger partial charge on any atom is 0.192 e. The number of hydrogen-bond acceptors (Lipinski definition) is 4. The number of rotatable bonds is 5. The van der Waals surface area contributed by atoms with E-state index in [9.17, 15) is 0 Å². The summed E-state index contributed by atoms with van der Waals surface area (Å²) < 4.78 is 1.96. The molecule has 2 N–H and O–H groups in total. The fourth-order valence-corrected chi connectivity index (χ4v) is 2.35. The van der Waals surface area contributed by atoms with Crippen LogP contribution >= 0.6 is 0 Å². The highest BCUT2D eigenvalue weighted by Gasteiger charge is 2.06. The maximum absolute atomic E-state index is 4.60. The number of aliphatic imine (C=N–C) groups is 1. The first-order chi connectivity index (χ1) is 11.8. The molecule has 0 unspecified atom stereocenters. The largest absolute Gasteiger partial charge is 0.357 e. The maximum atomic E-state index is 4.60. The molecule has 0 radical (unpaired) electrons. The summed E-state index contributed by atoms with van der Waals surface area (Å²) in [5.74, 6) is 1.57. The number of guanidine groups is 1. The number of nitrogens with one attached hydrogen (secondary N) is 2. The molecule has 0 aromatic carbocycles. The van der Waals surface area contributed by atoms with E-state index >= 15 is 0 Å². The van der Waals surface area contributed by atoms with Crippen LogP contribution < -0.4 is 10.6 Å². The third-order valence-corrected chi connectivity index (χ3v) is 3.65. The van der Waals surface area contributed by atoms with Crippen molar-refractivity contribution in [1.82, 2.24) is 30.2 Å². The monoisotopic (exact) mass is 323 g/mol. The highest BCUT2D eigenvalue weighted by atomic mass is 15.3. The van der Waals surface area contributed by atoms with E-state index in [1.54, 1.807) is 6.20 Å². The first-order valence-corrected chi connectivity index (χ1v) is 7.99. The molecule has 24 heavy (non-hydrogen) atoms. The van der Waals surface area contributed by atoms with Gasteiger partial charge in [-0.15, -0.1) is 10.2 Å². The lowest BCUT2D eigenvalue weighted by molar-refractivity contribution is 0.763. The second kappa shape index (κ2) is 7.54. The van der Waals surface area contributed by atoms with Crippen molar-refractivity contribution in [2.24, 2.45) is 4.99 Å². The third kappa shape index (κ3) is 3.68. The van der Waals surface area contributed by atoms with Crippen molar-refractivity contribution < 1.29 is 0 Å². The van der Waals surface area contributed by atoms with Gasteiger partial charge >= 0.3 is 0 Å². The number of nitrogens with zero attached hydrogens (tertiary/aromatic N) is 5. The van der Waals surface area contributed by atoms with Gasteiger partial charge < -0.3 is 10.6 Å². The molecule has 124 valence electrons. The molecule has 0 atom stereocenters. The van der Waals surface area contributed by atoms with Crippen molar-refractivity contribution in [2.45, 2.75) is 26.9 Å². The van der Waals surface area contributed by atoms with Crippen LogP contribution in [0.15, 0.2) is 47.7 Å². The standard InChI is InChI=1S/C17H21N7/c1-3-18-17(20-11-14-13(2)7-6-9-19-14)21-12-16-23-22-15-8-4-5-10-24(15)16/h4-10H,3,11-12H2,1-2H3,(H2,18,20,21). The zero-order valence-electron chi connectivity index (χ0n) is 13.9. The molecule has 0 saturated carbocycles. The summed E-state index contributed by atoms with van der Waals surface area (Å²) in [6, 6.07) is 9.81. The molecule has 0 aliphatic rings. The zero-order chi connectivity index (χ0) is 16.8. The molecule has 0 aliphatic carbocycles. The smallest absolute Gasteiger partial charge is 0.192 e. The number of aryl methyl sites for hydroxylation is 1. The minimum Gasteiger partial charge on any atom is -0.357 e. The molecule has 3 rings (SSSR count). The molecule has 7 nitrogen and oxygen atoms in total. The van der Waals surface area contributed by atoms with E-state index < -0.39 is 0 Å². The lowest BCUT2D eigenvalue weighted by Crippen LogP contribution is -2.37. The molecule has 0 bridgehead atoms. The van der Waals surface area contributed by atoms with Crippen molar-refractivity contribution in [1.29, 1.82) is 0 Å². The van der Waals surface area contributed by atoms with E-state index in [-0.39, 0.29) is 0 Å². The van der Waals surface area contributed by atoms with Crippen molar-refractivity contribution >= 4 is 11.6 Å². The Hall–Kier alpha value is -2.96. The second-order valence-corrected chi connectivity index (χ2v) is 5.36. The molecule has 7 heteroatoms. The molecule has 3 aromatic rings. The molecule has 0 fully saturated rings. The lowest BCUT2D eigenvalue weighted by Gasteiger charge is -2.10. The van der Waals surface area contributed by atoms with Crippen molar-refractivity contribution in [3.63, 3.8) is 0 Å². The van der Waals surface area contributed by atoms with Crippen molar-refractivity contribution in [3.8, 4) is 0 Å². The van der Waals surface area contributed by atoms with Crippen LogP contribution in [0.3, 0.4) is 0 Å². The molecule has 0 saturated heterocycles. The van der Waals surface area contributed by atoms with Crippen LogP contribution in [0, 0.1) is 6.92 Å². The van der Waals surface area contributed by atoms with E-state index in [1.807, 2.05) is 54.8 Å². The summed E-state index contributed by atoms with van der Waals surface area (Å²) in [4.78, 5) is 8.97. The van der Waals surface area contributed by atoms with E-state index in [2.05, 4.69) is 30.8 Å². The van der Waals surface area contributed by atoms with Gasteiger partial charge in [-0.3, -0.25) is 9.38 Å². The van der Waals surface area contributed by atoms with E-state index in [1.165, 1.54) is 0 Å². The van der Waals surface area contributed by atoms with Gasteiger partial charge in [-0.2, -0.15) is 0 Å². The summed E-state index contributed by atoms with van der Waals surface area (Å²) in [5.41, 5.74) is 2.95. The number of fused-ring (bicyclic) bond motifs is 1. The van der Waals surface area contributed by atoms with Crippen LogP contribution in [0.2, 0.25) is 0 Å². The highest BCUT2D eigenvalue weighted by molar-refractivity contribution is 5.79. The van der Waals surface area contributed by atoms with Gasteiger partial charge in [0.2, 0.25) is 0 Å². The van der Waals surface area contributed by atoms with Gasteiger partial charge in [0.25, 0.3) is 0 Å². The van der Waals surface area contributed by atoms with Crippen LogP contribution in [0.5, 0.6) is 0 Å². The molecular formula is C17H21N7. The Bertz CT molecular complexity index is 838. The highest BCUT2D eigenvalue weighted by Crippen LogP contribution is 2.05. The molecule has 0 amide bonds. The van der Waals surface area contributed by atoms with Gasteiger partial charge in [-0.1, -0.05) is 12.1 Å². The predicted octanol–water partition coefficient (Wildman–Crippen LogP) is 1.69. The molecule has 0 spiro atoms. The molecule has 0 aliphatic heterocycles. The third-order valence-electron chi connectivity index (χ3n) is 3.65. The van der Waals surface area contributed by atoms with Gasteiger partial charge in [-0.05, 0) is 37.6 Å². The topological polar surface area (TPSA) is 79.5 Å². The van der Waals surface area contributed by atoms with Crippen LogP contribution in [0.4, 0.5) is 0 Å². The zero-order valence-corrected chi connectivity index (χ0v) is 13.9. The summed E-state index contributed by atoms with van der Waals surface area (Å²) in [5, 5.41) is 14.9. The summed E-state index contributed by atoms with van der Waals surface area (Å²) in [6.45, 7) is 5.94. The first kappa shape index (κ1) is 15.9. The summed E-state index contributed by atoms with van der Waals surface area (Å²) in [6.07, 6.45) is 3.74. The van der Waals surface area contributed by atoms with Crippen molar-refractivity contribution in [2.75, 3.05) is 6.54 Å². The normalized spacial score (nSPS) is 11.7.